The van der Waals surface area contributed by atoms with Gasteiger partial charge in [0.15, 0.2) is 0 Å². The maximum Gasteiger partial charge on any atom is 0.574 e. The Labute approximate surface area is 98.2 Å². The average molecular weight is 268 g/mol. The number of nitrogens with two attached hydrogens (primary N) is 1. The maximum absolute atomic E-state index is 13.2. The van der Waals surface area contributed by atoms with Gasteiger partial charge in [0.1, 0.15) is 0 Å². The van der Waals surface area contributed by atoms with Crippen molar-refractivity contribution in [1.82, 2.24) is 4.98 Å². The molecule has 0 saturated carbocycles. The number of aromatic nitrogens is 1. The third-order valence-electron chi connectivity index (χ3n) is 1.86. The summed E-state index contributed by atoms with van der Waals surface area (Å²) in [5.41, 5.74) is 4.57. The molecule has 0 spiro atoms. The van der Waals surface area contributed by atoms with Crippen LogP contribution in [0.5, 0.6) is 5.88 Å². The average Bonchev–Trinajstić information content (AvgIpc) is 2.19. The van der Waals surface area contributed by atoms with Gasteiger partial charge in [-0.1, -0.05) is 0 Å². The van der Waals surface area contributed by atoms with E-state index in [0.29, 0.717) is 0 Å². The van der Waals surface area contributed by atoms with Crippen molar-refractivity contribution in [3.8, 4) is 5.88 Å². The summed E-state index contributed by atoms with van der Waals surface area (Å²) in [7, 11) is 0. The van der Waals surface area contributed by atoms with Gasteiger partial charge in [0.2, 0.25) is 11.8 Å². The highest BCUT2D eigenvalue weighted by molar-refractivity contribution is 5.70. The van der Waals surface area contributed by atoms with Gasteiger partial charge < -0.3 is 15.6 Å². The van der Waals surface area contributed by atoms with E-state index in [4.69, 9.17) is 10.8 Å². The van der Waals surface area contributed by atoms with E-state index in [1.807, 2.05) is 0 Å². The minimum atomic E-state index is -5.03. The van der Waals surface area contributed by atoms with E-state index in [1.165, 1.54) is 0 Å². The Morgan fingerprint density at radius 2 is 2.06 bits per heavy atom. The van der Waals surface area contributed by atoms with Crippen LogP contribution in [0.3, 0.4) is 0 Å². The molecule has 0 radical (unpaired) electrons. The predicted octanol–water partition coefficient (Wildman–Crippen LogP) is 1.21. The molecule has 1 heterocycles. The summed E-state index contributed by atoms with van der Waals surface area (Å²) in [4.78, 5) is 13.3. The molecule has 0 fully saturated rings. The van der Waals surface area contributed by atoms with Crippen molar-refractivity contribution in [2.24, 2.45) is 5.73 Å². The summed E-state index contributed by atoms with van der Waals surface area (Å²) in [6.07, 6.45) is -5.74. The summed E-state index contributed by atoms with van der Waals surface area (Å²) < 4.78 is 52.7. The number of halogens is 4. The monoisotopic (exact) mass is 268 g/mol. The lowest BCUT2D eigenvalue weighted by atomic mass is 10.1. The van der Waals surface area contributed by atoms with Crippen LogP contribution in [-0.2, 0) is 17.8 Å². The number of aliphatic carboxylic acids is 1. The van der Waals surface area contributed by atoms with Crippen LogP contribution in [0.15, 0.2) is 6.07 Å². The normalized spacial score (nSPS) is 11.4. The van der Waals surface area contributed by atoms with E-state index in [9.17, 15) is 22.4 Å². The fraction of sp³-hybridized carbons (Fsp3) is 0.333. The minimum absolute atomic E-state index is 0.232. The zero-order valence-corrected chi connectivity index (χ0v) is 8.79. The van der Waals surface area contributed by atoms with Crippen molar-refractivity contribution in [3.05, 3.63) is 23.1 Å². The van der Waals surface area contributed by atoms with E-state index in [1.54, 1.807) is 0 Å². The number of rotatable bonds is 4. The lowest BCUT2D eigenvalue weighted by Gasteiger charge is -2.12. The van der Waals surface area contributed by atoms with Gasteiger partial charge in [-0.25, -0.2) is 0 Å². The van der Waals surface area contributed by atoms with Crippen LogP contribution in [0.25, 0.3) is 0 Å². The molecule has 1 aromatic heterocycles. The van der Waals surface area contributed by atoms with E-state index in [-0.39, 0.29) is 11.1 Å². The molecule has 0 aromatic carbocycles. The van der Waals surface area contributed by atoms with Crippen LogP contribution < -0.4 is 10.5 Å². The molecule has 18 heavy (non-hydrogen) atoms. The zero-order chi connectivity index (χ0) is 13.9. The molecule has 0 aliphatic rings. The molecule has 0 atom stereocenters. The Bertz CT molecular complexity index is 462. The van der Waals surface area contributed by atoms with Gasteiger partial charge in [-0.2, -0.15) is 9.37 Å². The van der Waals surface area contributed by atoms with Crippen LogP contribution in [-0.4, -0.2) is 22.4 Å². The highest BCUT2D eigenvalue weighted by Crippen LogP contribution is 2.26. The molecule has 0 aliphatic heterocycles. The van der Waals surface area contributed by atoms with Crippen molar-refractivity contribution >= 4 is 5.97 Å². The second kappa shape index (κ2) is 5.17. The Morgan fingerprint density at radius 1 is 1.44 bits per heavy atom. The highest BCUT2D eigenvalue weighted by atomic mass is 19.4. The molecule has 1 rings (SSSR count). The van der Waals surface area contributed by atoms with Crippen molar-refractivity contribution in [2.75, 3.05) is 0 Å². The van der Waals surface area contributed by atoms with E-state index in [2.05, 4.69) is 9.72 Å². The lowest BCUT2D eigenvalue weighted by Crippen LogP contribution is -2.20. The number of carbonyl (C=O) groups is 1. The van der Waals surface area contributed by atoms with Crippen molar-refractivity contribution in [1.29, 1.82) is 0 Å². The number of ether oxygens (including phenoxy) is 1. The number of carboxylic acid groups (broad SMARTS) is 1. The molecule has 0 aliphatic carbocycles. The second-order valence-electron chi connectivity index (χ2n) is 3.23. The van der Waals surface area contributed by atoms with E-state index in [0.717, 1.165) is 6.07 Å². The molecule has 9 heteroatoms. The number of pyridine rings is 1. The van der Waals surface area contributed by atoms with Crippen LogP contribution in [0.4, 0.5) is 17.6 Å². The summed E-state index contributed by atoms with van der Waals surface area (Å²) >= 11 is 0. The molecule has 1 aromatic rings. The first-order valence-electron chi connectivity index (χ1n) is 4.59. The molecule has 0 amide bonds. The predicted molar refractivity (Wildman–Crippen MR) is 50.1 cm³/mol. The van der Waals surface area contributed by atoms with Crippen LogP contribution in [0.1, 0.15) is 11.1 Å². The lowest BCUT2D eigenvalue weighted by molar-refractivity contribution is -0.276. The van der Waals surface area contributed by atoms with Crippen LogP contribution in [0.2, 0.25) is 0 Å². The third-order valence-corrected chi connectivity index (χ3v) is 1.86. The molecule has 5 nitrogen and oxygen atoms in total. The largest absolute Gasteiger partial charge is 0.574 e. The molecule has 0 saturated heterocycles. The van der Waals surface area contributed by atoms with Gasteiger partial charge >= 0.3 is 12.3 Å². The number of hydrogen-bond acceptors (Lipinski definition) is 4. The topological polar surface area (TPSA) is 85.4 Å². The van der Waals surface area contributed by atoms with E-state index < -0.39 is 37.1 Å². The molecular weight excluding hydrogens is 260 g/mol. The van der Waals surface area contributed by atoms with Crippen molar-refractivity contribution in [2.45, 2.75) is 19.3 Å². The second-order valence-corrected chi connectivity index (χ2v) is 3.23. The summed E-state index contributed by atoms with van der Waals surface area (Å²) in [5.74, 6) is -3.70. The molecule has 3 N–H and O–H groups in total. The number of carboxylic acids is 1. The highest BCUT2D eigenvalue weighted by Gasteiger charge is 2.33. The Hall–Kier alpha value is -1.90. The van der Waals surface area contributed by atoms with Gasteiger partial charge in [-0.15, -0.1) is 13.2 Å². The first-order chi connectivity index (χ1) is 8.23. The van der Waals surface area contributed by atoms with E-state index >= 15 is 0 Å². The summed E-state index contributed by atoms with van der Waals surface area (Å²) in [6, 6.07) is 0.886. The Kier molecular flexibility index (Phi) is 4.07. The first-order valence-corrected chi connectivity index (χ1v) is 4.59. The third kappa shape index (κ3) is 3.84. The molecule has 100 valence electrons. The summed E-state index contributed by atoms with van der Waals surface area (Å²) in [6.45, 7) is -0.398. The van der Waals surface area contributed by atoms with Crippen molar-refractivity contribution in [3.63, 3.8) is 0 Å². The SMILES string of the molecule is NCc1cc(CC(=O)O)c(F)nc1OC(F)(F)F. The first kappa shape index (κ1) is 14.2. The number of alkyl halides is 3. The van der Waals surface area contributed by atoms with Gasteiger partial charge in [0.25, 0.3) is 0 Å². The Morgan fingerprint density at radius 3 is 2.50 bits per heavy atom. The smallest absolute Gasteiger partial charge is 0.481 e. The number of hydrogen-bond donors (Lipinski definition) is 2. The fourth-order valence-electron chi connectivity index (χ4n) is 1.20. The fourth-order valence-corrected chi connectivity index (χ4v) is 1.20. The summed E-state index contributed by atoms with van der Waals surface area (Å²) in [5, 5.41) is 8.47. The standard InChI is InChI=1S/C9H8F4N2O3/c10-7-4(2-6(16)17)1-5(3-14)8(15-7)18-9(11,12)13/h1H,2-3,14H2,(H,16,17). The zero-order valence-electron chi connectivity index (χ0n) is 8.79. The number of nitrogens with zero attached hydrogens (tertiary/aromatic N) is 1. The molecule has 0 bridgehead atoms. The maximum atomic E-state index is 13.2. The van der Waals surface area contributed by atoms with Crippen LogP contribution in [0, 0.1) is 5.95 Å². The van der Waals surface area contributed by atoms with Gasteiger partial charge in [0, 0.05) is 17.7 Å². The van der Waals surface area contributed by atoms with Gasteiger partial charge in [-0.3, -0.25) is 4.79 Å². The Balaban J connectivity index is 3.14. The van der Waals surface area contributed by atoms with Crippen molar-refractivity contribution < 1.29 is 32.2 Å². The molecule has 0 unspecified atom stereocenters. The van der Waals surface area contributed by atoms with Gasteiger partial charge in [0.05, 0.1) is 6.42 Å². The van der Waals surface area contributed by atoms with Gasteiger partial charge in [-0.05, 0) is 6.07 Å². The molecular formula is C9H8F4N2O3. The minimum Gasteiger partial charge on any atom is -0.481 e. The quantitative estimate of drug-likeness (QED) is 0.633. The van der Waals surface area contributed by atoms with Crippen LogP contribution >= 0.6 is 0 Å².